The number of urea groups is 1. The number of rotatable bonds is 5. The lowest BCUT2D eigenvalue weighted by Crippen LogP contribution is -2.51. The molecule has 37 heavy (non-hydrogen) atoms. The number of carbonyl (C=O) groups is 2. The molecular formula is C26H18Cl2N6O3. The molecule has 1 aromatic heterocycles. The lowest BCUT2D eigenvalue weighted by molar-refractivity contribution is -0.121. The van der Waals surface area contributed by atoms with E-state index < -0.39 is 24.0 Å². The summed E-state index contributed by atoms with van der Waals surface area (Å²) in [6.07, 6.45) is 0. The lowest BCUT2D eigenvalue weighted by atomic mass is 9.96. The molecule has 0 unspecified atom stereocenters. The minimum atomic E-state index is -1.01. The molecule has 3 aromatic carbocycles. The number of amides is 3. The van der Waals surface area contributed by atoms with Crippen LogP contribution in [0, 0.1) is 11.3 Å². The largest absolute Gasteiger partial charge is 0.350 e. The Hall–Kier alpha value is -4.65. The Bertz CT molecular complexity index is 1580. The van der Waals surface area contributed by atoms with Crippen LogP contribution in [-0.4, -0.2) is 21.7 Å². The molecule has 0 spiro atoms. The van der Waals surface area contributed by atoms with Crippen molar-refractivity contribution in [1.29, 1.82) is 5.26 Å². The van der Waals surface area contributed by atoms with E-state index in [1.54, 1.807) is 48.5 Å². The first-order chi connectivity index (χ1) is 17.8. The molecule has 0 saturated carbocycles. The first-order valence-corrected chi connectivity index (χ1v) is 11.6. The molecule has 4 aromatic rings. The van der Waals surface area contributed by atoms with E-state index >= 15 is 0 Å². The zero-order valence-electron chi connectivity index (χ0n) is 19.1. The topological polar surface area (TPSA) is 134 Å². The van der Waals surface area contributed by atoms with Gasteiger partial charge in [0.25, 0.3) is 11.5 Å². The molecule has 9 nitrogen and oxygen atoms in total. The zero-order valence-corrected chi connectivity index (χ0v) is 20.6. The van der Waals surface area contributed by atoms with Crippen LogP contribution in [-0.2, 0) is 11.3 Å². The molecule has 0 aliphatic carbocycles. The second-order valence-corrected chi connectivity index (χ2v) is 8.53. The van der Waals surface area contributed by atoms with Gasteiger partial charge in [-0.3, -0.25) is 15.0 Å². The molecule has 0 radical (unpaired) electrons. The van der Waals surface area contributed by atoms with Gasteiger partial charge in [-0.15, -0.1) is 0 Å². The van der Waals surface area contributed by atoms with Gasteiger partial charge in [-0.1, -0.05) is 83.9 Å². The van der Waals surface area contributed by atoms with Crippen LogP contribution in [0.3, 0.4) is 0 Å². The van der Waals surface area contributed by atoms with Gasteiger partial charge in [0.15, 0.2) is 0 Å². The molecule has 0 saturated heterocycles. The number of halogens is 2. The number of aromatic nitrogens is 2. The number of carbonyl (C=O) groups excluding carboxylic acids is 2. The van der Waals surface area contributed by atoms with Crippen molar-refractivity contribution >= 4 is 40.8 Å². The Morgan fingerprint density at radius 1 is 0.973 bits per heavy atom. The molecular weight excluding hydrogens is 515 g/mol. The van der Waals surface area contributed by atoms with E-state index in [1.165, 1.54) is 18.2 Å². The molecule has 0 aliphatic rings. The van der Waals surface area contributed by atoms with Gasteiger partial charge in [-0.25, -0.2) is 14.5 Å². The molecule has 184 valence electrons. The number of primary amides is 1. The van der Waals surface area contributed by atoms with Crippen LogP contribution < -0.4 is 21.7 Å². The predicted molar refractivity (Wildman–Crippen MR) is 141 cm³/mol. The summed E-state index contributed by atoms with van der Waals surface area (Å²) in [5, 5.41) is 15.5. The van der Waals surface area contributed by atoms with Crippen molar-refractivity contribution in [2.75, 3.05) is 5.01 Å². The normalized spacial score (nSPS) is 10.4. The maximum absolute atomic E-state index is 13.2. The van der Waals surface area contributed by atoms with E-state index in [0.29, 0.717) is 22.4 Å². The van der Waals surface area contributed by atoms with Crippen LogP contribution in [0.4, 0.5) is 10.5 Å². The summed E-state index contributed by atoms with van der Waals surface area (Å²) in [7, 11) is 0. The number of hydrogen-bond donors (Lipinski definition) is 2. The monoisotopic (exact) mass is 532 g/mol. The molecule has 0 aliphatic heterocycles. The fourth-order valence-electron chi connectivity index (χ4n) is 3.63. The average molecular weight is 533 g/mol. The van der Waals surface area contributed by atoms with Crippen molar-refractivity contribution in [2.45, 2.75) is 6.54 Å². The van der Waals surface area contributed by atoms with Crippen LogP contribution >= 0.6 is 23.2 Å². The van der Waals surface area contributed by atoms with Gasteiger partial charge in [0, 0.05) is 11.1 Å². The standard InChI is InChI=1S/C26H18Cl2N6O3/c27-20-12-11-18(13-21(20)28)34(26(30)37)31-22(35)15-33-25(36)19(14-29)23(16-7-3-1-4-8-16)24(32-33)17-9-5-2-6-10-17/h1-13H,15H2,(H2,30,37)(H,31,35). The SMILES string of the molecule is N#Cc1c(-c2ccccc2)c(-c2ccccc2)nn(CC(=O)NN(C(N)=O)c2ccc(Cl)c(Cl)c2)c1=O. The number of hydrazine groups is 1. The van der Waals surface area contributed by atoms with Crippen LogP contribution in [0.15, 0.2) is 83.7 Å². The highest BCUT2D eigenvalue weighted by Crippen LogP contribution is 2.31. The fraction of sp³-hybridized carbons (Fsp3) is 0.0385. The second-order valence-electron chi connectivity index (χ2n) is 7.71. The number of nitriles is 1. The van der Waals surface area contributed by atoms with E-state index in [1.807, 2.05) is 18.2 Å². The van der Waals surface area contributed by atoms with E-state index in [-0.39, 0.29) is 21.3 Å². The van der Waals surface area contributed by atoms with Crippen molar-refractivity contribution in [3.8, 4) is 28.5 Å². The number of hydrogen-bond acceptors (Lipinski definition) is 5. The summed E-state index contributed by atoms with van der Waals surface area (Å²) in [5.74, 6) is -0.796. The summed E-state index contributed by atoms with van der Waals surface area (Å²) < 4.78 is 0.872. The van der Waals surface area contributed by atoms with E-state index in [2.05, 4.69) is 10.5 Å². The van der Waals surface area contributed by atoms with Gasteiger partial charge < -0.3 is 5.73 Å². The summed E-state index contributed by atoms with van der Waals surface area (Å²) in [6.45, 7) is -0.604. The van der Waals surface area contributed by atoms with Gasteiger partial charge in [0.05, 0.1) is 15.7 Å². The average Bonchev–Trinajstić information content (AvgIpc) is 2.90. The van der Waals surface area contributed by atoms with Crippen LogP contribution in [0.25, 0.3) is 22.4 Å². The molecule has 4 rings (SSSR count). The number of nitrogens with zero attached hydrogens (tertiary/aromatic N) is 4. The molecule has 1 heterocycles. The highest BCUT2D eigenvalue weighted by Gasteiger charge is 2.23. The maximum atomic E-state index is 13.2. The number of nitrogens with two attached hydrogens (primary N) is 1. The summed E-state index contributed by atoms with van der Waals surface area (Å²) in [6, 6.07) is 23.1. The molecule has 3 amide bonds. The first-order valence-electron chi connectivity index (χ1n) is 10.8. The third-order valence-electron chi connectivity index (χ3n) is 5.29. The van der Waals surface area contributed by atoms with Gasteiger partial charge in [-0.05, 0) is 23.8 Å². The van der Waals surface area contributed by atoms with Gasteiger partial charge in [0.2, 0.25) is 0 Å². The van der Waals surface area contributed by atoms with E-state index in [4.69, 9.17) is 28.9 Å². The third kappa shape index (κ3) is 5.46. The van der Waals surface area contributed by atoms with Crippen LogP contribution in [0.5, 0.6) is 0 Å². The Labute approximate surface area is 221 Å². The fourth-order valence-corrected chi connectivity index (χ4v) is 3.92. The van der Waals surface area contributed by atoms with Crippen molar-refractivity contribution in [1.82, 2.24) is 15.2 Å². The first kappa shape index (κ1) is 25.4. The van der Waals surface area contributed by atoms with Gasteiger partial charge in [-0.2, -0.15) is 10.4 Å². The molecule has 0 fully saturated rings. The Kier molecular flexibility index (Phi) is 7.53. The van der Waals surface area contributed by atoms with Crippen molar-refractivity contribution in [3.63, 3.8) is 0 Å². The summed E-state index contributed by atoms with van der Waals surface area (Å²) in [5.41, 5.74) is 8.92. The van der Waals surface area contributed by atoms with Crippen molar-refractivity contribution in [2.24, 2.45) is 5.73 Å². The Morgan fingerprint density at radius 3 is 2.16 bits per heavy atom. The predicted octanol–water partition coefficient (Wildman–Crippen LogP) is 4.37. The minimum Gasteiger partial charge on any atom is -0.350 e. The third-order valence-corrected chi connectivity index (χ3v) is 6.03. The zero-order chi connectivity index (χ0) is 26.5. The van der Waals surface area contributed by atoms with Crippen molar-refractivity contribution in [3.05, 3.63) is 105 Å². The smallest absolute Gasteiger partial charge is 0.338 e. The molecule has 3 N–H and O–H groups in total. The highest BCUT2D eigenvalue weighted by molar-refractivity contribution is 6.42. The number of nitrogens with one attached hydrogen (secondary N) is 1. The Balaban J connectivity index is 1.76. The Morgan fingerprint density at radius 2 is 1.59 bits per heavy atom. The molecule has 0 atom stereocenters. The van der Waals surface area contributed by atoms with E-state index in [0.717, 1.165) is 9.69 Å². The summed E-state index contributed by atoms with van der Waals surface area (Å²) in [4.78, 5) is 38.2. The number of anilines is 1. The molecule has 11 heteroatoms. The number of benzene rings is 3. The highest BCUT2D eigenvalue weighted by atomic mass is 35.5. The van der Waals surface area contributed by atoms with Crippen molar-refractivity contribution < 1.29 is 9.59 Å². The van der Waals surface area contributed by atoms with Gasteiger partial charge in [0.1, 0.15) is 23.9 Å². The second kappa shape index (κ2) is 11.0. The van der Waals surface area contributed by atoms with Crippen LogP contribution in [0.1, 0.15) is 5.56 Å². The maximum Gasteiger partial charge on any atom is 0.338 e. The van der Waals surface area contributed by atoms with E-state index in [9.17, 15) is 19.6 Å². The van der Waals surface area contributed by atoms with Gasteiger partial charge >= 0.3 is 6.03 Å². The lowest BCUT2D eigenvalue weighted by Gasteiger charge is -2.22. The quantitative estimate of drug-likeness (QED) is 0.368. The van der Waals surface area contributed by atoms with Crippen LogP contribution in [0.2, 0.25) is 10.0 Å². The minimum absolute atomic E-state index is 0.139. The molecule has 0 bridgehead atoms. The summed E-state index contributed by atoms with van der Waals surface area (Å²) >= 11 is 11.9.